The van der Waals surface area contributed by atoms with Crippen LogP contribution in [0.5, 0.6) is 0 Å². The third-order valence-electron chi connectivity index (χ3n) is 4.89. The summed E-state index contributed by atoms with van der Waals surface area (Å²) in [6.45, 7) is 4.94. The summed E-state index contributed by atoms with van der Waals surface area (Å²) in [6, 6.07) is 12.7. The summed E-state index contributed by atoms with van der Waals surface area (Å²) in [4.78, 5) is 25.1. The minimum absolute atomic E-state index is 0.175. The molecular formula is C23H27N3O8S2. The topological polar surface area (TPSA) is 134 Å². The Morgan fingerprint density at radius 3 is 2.31 bits per heavy atom. The zero-order chi connectivity index (χ0) is 26.7. The number of methoxy groups -OCH3 is 1. The van der Waals surface area contributed by atoms with Crippen LogP contribution < -0.4 is 5.01 Å². The van der Waals surface area contributed by atoms with Gasteiger partial charge in [-0.1, -0.05) is 46.9 Å². The van der Waals surface area contributed by atoms with Crippen molar-refractivity contribution in [3.05, 3.63) is 72.3 Å². The third-order valence-corrected chi connectivity index (χ3v) is 7.24. The van der Waals surface area contributed by atoms with Crippen LogP contribution in [-0.2, 0) is 35.4 Å². The highest BCUT2D eigenvalue weighted by molar-refractivity contribution is 7.90. The van der Waals surface area contributed by atoms with Crippen LogP contribution in [0.4, 0.5) is 10.5 Å². The second-order valence-electron chi connectivity index (χ2n) is 8.59. The average Bonchev–Trinajstić information content (AvgIpc) is 3.14. The van der Waals surface area contributed by atoms with E-state index < -0.39 is 50.7 Å². The zero-order valence-electron chi connectivity index (χ0n) is 20.1. The van der Waals surface area contributed by atoms with Crippen molar-refractivity contribution in [2.45, 2.75) is 37.3 Å². The molecule has 0 aromatic heterocycles. The molecule has 2 aromatic carbocycles. The van der Waals surface area contributed by atoms with Gasteiger partial charge < -0.3 is 14.0 Å². The number of fused-ring (bicyclic) bond motifs is 1. The molecule has 13 heteroatoms. The molecule has 1 amide bonds. The van der Waals surface area contributed by atoms with E-state index in [-0.39, 0.29) is 10.6 Å². The van der Waals surface area contributed by atoms with Gasteiger partial charge in [0.2, 0.25) is 0 Å². The summed E-state index contributed by atoms with van der Waals surface area (Å²) in [5, 5.41) is 1.97. The largest absolute Gasteiger partial charge is 0.466 e. The number of hydrogen-bond acceptors (Lipinski definition) is 8. The molecule has 1 N–H and O–H groups in total. The van der Waals surface area contributed by atoms with Gasteiger partial charge in [0, 0.05) is 11.6 Å². The van der Waals surface area contributed by atoms with E-state index >= 15 is 0 Å². The van der Waals surface area contributed by atoms with E-state index in [1.54, 1.807) is 51.1 Å². The molecule has 1 aliphatic heterocycles. The van der Waals surface area contributed by atoms with Crippen molar-refractivity contribution < 1.29 is 36.2 Å². The van der Waals surface area contributed by atoms with Crippen molar-refractivity contribution in [1.82, 2.24) is 9.53 Å². The molecule has 0 fully saturated rings. The molecule has 194 valence electrons. The molecule has 0 saturated carbocycles. The Balaban J connectivity index is 2.27. The number of benzene rings is 2. The molecule has 2 unspecified atom stereocenters. The lowest BCUT2D eigenvalue weighted by molar-refractivity contribution is -0.134. The average molecular weight is 538 g/mol. The number of ether oxygens (including phenoxy) is 2. The lowest BCUT2D eigenvalue weighted by atomic mass is 10.1. The number of rotatable bonds is 7. The highest BCUT2D eigenvalue weighted by Gasteiger charge is 2.48. The second kappa shape index (κ2) is 10.9. The first-order valence-electron chi connectivity index (χ1n) is 10.7. The van der Waals surface area contributed by atoms with Gasteiger partial charge in [-0.2, -0.15) is 5.01 Å². The van der Waals surface area contributed by atoms with Crippen LogP contribution in [-0.4, -0.2) is 57.4 Å². The summed E-state index contributed by atoms with van der Waals surface area (Å²) >= 11 is -2.64. The number of sulfonamides is 1. The lowest BCUT2D eigenvalue weighted by Crippen LogP contribution is -2.57. The van der Waals surface area contributed by atoms with E-state index in [2.05, 4.69) is 4.74 Å². The molecule has 0 spiro atoms. The van der Waals surface area contributed by atoms with Crippen molar-refractivity contribution in [3.8, 4) is 0 Å². The first-order valence-corrected chi connectivity index (χ1v) is 13.4. The minimum atomic E-state index is -4.48. The first kappa shape index (κ1) is 27.5. The Morgan fingerprint density at radius 2 is 1.72 bits per heavy atom. The molecule has 3 rings (SSSR count). The van der Waals surface area contributed by atoms with Crippen LogP contribution in [0.2, 0.25) is 0 Å². The number of hydrogen-bond donors (Lipinski definition) is 1. The fourth-order valence-electron chi connectivity index (χ4n) is 3.48. The van der Waals surface area contributed by atoms with Gasteiger partial charge >= 0.3 is 12.1 Å². The van der Waals surface area contributed by atoms with Crippen LogP contribution >= 0.6 is 0 Å². The van der Waals surface area contributed by atoms with Gasteiger partial charge in [0.05, 0.1) is 23.7 Å². The molecule has 1 heterocycles. The molecule has 0 bridgehead atoms. The Kier molecular flexibility index (Phi) is 8.31. The maximum atomic E-state index is 13.7. The molecule has 2 aromatic rings. The smallest absolute Gasteiger partial charge is 0.430 e. The first-order chi connectivity index (χ1) is 16.9. The molecule has 11 nitrogen and oxygen atoms in total. The van der Waals surface area contributed by atoms with Crippen LogP contribution in [0.25, 0.3) is 0 Å². The number of carbonyl (C=O) groups excluding carboxylic acids is 2. The Morgan fingerprint density at radius 1 is 1.11 bits per heavy atom. The SMILES string of the molecule is COC(=O)C=CC1c2ccccc2N(C(=O)OC(C)(C)C)N1N(CS(=O)O)S(=O)(=O)c1ccccc1. The molecule has 0 radical (unpaired) electrons. The normalized spacial score (nSPS) is 17.3. The molecule has 2 atom stereocenters. The second-order valence-corrected chi connectivity index (χ2v) is 11.3. The zero-order valence-corrected chi connectivity index (χ0v) is 21.7. The van der Waals surface area contributed by atoms with Gasteiger partial charge in [0.25, 0.3) is 10.0 Å². The van der Waals surface area contributed by atoms with Crippen LogP contribution in [0, 0.1) is 0 Å². The summed E-state index contributed by atoms with van der Waals surface area (Å²) < 4.78 is 60.1. The quantitative estimate of drug-likeness (QED) is 0.321. The highest BCUT2D eigenvalue weighted by atomic mass is 32.2. The van der Waals surface area contributed by atoms with Gasteiger partial charge in [0.1, 0.15) is 11.5 Å². The fraction of sp³-hybridized carbons (Fsp3) is 0.304. The number of hydrazine groups is 2. The lowest BCUT2D eigenvalue weighted by Gasteiger charge is -2.38. The summed E-state index contributed by atoms with van der Waals surface area (Å²) in [6.07, 6.45) is 1.49. The maximum absolute atomic E-state index is 13.7. The highest BCUT2D eigenvalue weighted by Crippen LogP contribution is 2.43. The predicted molar refractivity (Wildman–Crippen MR) is 132 cm³/mol. The van der Waals surface area contributed by atoms with E-state index in [1.165, 1.54) is 37.5 Å². The van der Waals surface area contributed by atoms with Gasteiger partial charge in [-0.15, -0.1) is 5.12 Å². The van der Waals surface area contributed by atoms with Crippen molar-refractivity contribution in [2.75, 3.05) is 18.0 Å². The Bertz CT molecular complexity index is 1280. The number of anilines is 1. The van der Waals surface area contributed by atoms with Crippen molar-refractivity contribution in [3.63, 3.8) is 0 Å². The Labute approximate surface area is 212 Å². The molecule has 1 aliphatic rings. The van der Waals surface area contributed by atoms with Crippen LogP contribution in [0.15, 0.2) is 71.6 Å². The number of nitrogens with zero attached hydrogens (tertiary/aromatic N) is 3. The monoisotopic (exact) mass is 537 g/mol. The van der Waals surface area contributed by atoms with E-state index in [1.807, 2.05) is 0 Å². The summed E-state index contributed by atoms with van der Waals surface area (Å²) in [5.74, 6) is -1.63. The number of para-hydroxylation sites is 1. The van der Waals surface area contributed by atoms with E-state index in [0.717, 1.165) is 16.2 Å². The Hall–Kier alpha value is -3.10. The van der Waals surface area contributed by atoms with Gasteiger partial charge in [0.15, 0.2) is 11.1 Å². The minimum Gasteiger partial charge on any atom is -0.466 e. The van der Waals surface area contributed by atoms with E-state index in [4.69, 9.17) is 4.74 Å². The number of carbonyl (C=O) groups is 2. The fourth-order valence-corrected chi connectivity index (χ4v) is 5.75. The standard InChI is InChI=1S/C23H27N3O8S2/c1-23(2,3)34-22(28)25-19-13-9-8-12-18(19)20(14-15-21(27)33-4)26(25)24(16-35(29)30)36(31,32)17-10-6-5-7-11-17/h5-15,20H,16H2,1-4H3,(H,29,30). The summed E-state index contributed by atoms with van der Waals surface area (Å²) in [5.41, 5.74) is -0.232. The van der Waals surface area contributed by atoms with E-state index in [0.29, 0.717) is 9.98 Å². The number of amides is 1. The number of esters is 1. The van der Waals surface area contributed by atoms with E-state index in [9.17, 15) is 26.8 Å². The van der Waals surface area contributed by atoms with Crippen LogP contribution in [0.3, 0.4) is 0 Å². The maximum Gasteiger partial charge on any atom is 0.430 e. The summed E-state index contributed by atoms with van der Waals surface area (Å²) in [7, 11) is -3.30. The third kappa shape index (κ3) is 5.99. The van der Waals surface area contributed by atoms with Crippen molar-refractivity contribution in [2.24, 2.45) is 0 Å². The molecule has 0 saturated heterocycles. The molecule has 36 heavy (non-hydrogen) atoms. The predicted octanol–water partition coefficient (Wildman–Crippen LogP) is 3.21. The van der Waals surface area contributed by atoms with Gasteiger partial charge in [-0.25, -0.2) is 22.2 Å². The van der Waals surface area contributed by atoms with Crippen molar-refractivity contribution in [1.29, 1.82) is 0 Å². The van der Waals surface area contributed by atoms with Crippen molar-refractivity contribution >= 4 is 38.9 Å². The molecular weight excluding hydrogens is 510 g/mol. The molecule has 0 aliphatic carbocycles. The van der Waals surface area contributed by atoms with Crippen LogP contribution in [0.1, 0.15) is 32.4 Å². The van der Waals surface area contributed by atoms with Gasteiger partial charge in [-0.3, -0.25) is 0 Å². The van der Waals surface area contributed by atoms with Gasteiger partial charge in [-0.05, 0) is 39.0 Å².